The van der Waals surface area contributed by atoms with E-state index in [-0.39, 0.29) is 18.5 Å². The zero-order chi connectivity index (χ0) is 12.0. The van der Waals surface area contributed by atoms with E-state index in [2.05, 4.69) is 10.2 Å². The second-order valence-electron chi connectivity index (χ2n) is 3.68. The fourth-order valence-electron chi connectivity index (χ4n) is 1.58. The zero-order valence-corrected chi connectivity index (χ0v) is 9.78. The molecule has 90 valence electrons. The molecule has 0 saturated carbocycles. The normalized spacial score (nSPS) is 12.5. The second kappa shape index (κ2) is 6.45. The number of hydrogen-bond donors (Lipinski definition) is 2. The molecule has 0 saturated heterocycles. The lowest BCUT2D eigenvalue weighted by Crippen LogP contribution is -2.41. The smallest absolute Gasteiger partial charge is 0.123 e. The summed E-state index contributed by atoms with van der Waals surface area (Å²) >= 11 is 0. The van der Waals surface area contributed by atoms with Gasteiger partial charge in [0, 0.05) is 24.8 Å². The first-order valence-corrected chi connectivity index (χ1v) is 5.49. The van der Waals surface area contributed by atoms with Crippen molar-refractivity contribution in [2.45, 2.75) is 13.0 Å². The minimum Gasteiger partial charge on any atom is -0.395 e. The van der Waals surface area contributed by atoms with Crippen LogP contribution in [0, 0.1) is 5.82 Å². The average Bonchev–Trinajstić information content (AvgIpc) is 2.32. The molecule has 0 spiro atoms. The summed E-state index contributed by atoms with van der Waals surface area (Å²) in [6.07, 6.45) is 0. The predicted molar refractivity (Wildman–Crippen MR) is 64.2 cm³/mol. The van der Waals surface area contributed by atoms with Crippen LogP contribution in [-0.2, 0) is 0 Å². The summed E-state index contributed by atoms with van der Waals surface area (Å²) in [5.74, 6) is -0.230. The van der Waals surface area contributed by atoms with Crippen LogP contribution in [0.1, 0.15) is 6.92 Å². The Kier molecular flexibility index (Phi) is 5.22. The van der Waals surface area contributed by atoms with Crippen molar-refractivity contribution in [3.8, 4) is 0 Å². The van der Waals surface area contributed by atoms with Crippen molar-refractivity contribution in [2.24, 2.45) is 0 Å². The van der Waals surface area contributed by atoms with E-state index in [4.69, 9.17) is 5.11 Å². The van der Waals surface area contributed by atoms with E-state index < -0.39 is 0 Å². The number of benzene rings is 1. The van der Waals surface area contributed by atoms with Gasteiger partial charge in [0.05, 0.1) is 6.61 Å². The van der Waals surface area contributed by atoms with Crippen LogP contribution in [0.4, 0.5) is 10.1 Å². The maximum Gasteiger partial charge on any atom is 0.123 e. The highest BCUT2D eigenvalue weighted by atomic mass is 19.1. The van der Waals surface area contributed by atoms with Gasteiger partial charge in [0.2, 0.25) is 0 Å². The Labute approximate surface area is 95.9 Å². The molecule has 0 amide bonds. The molecule has 0 aromatic heterocycles. The minimum absolute atomic E-state index is 0.0324. The Morgan fingerprint density at radius 3 is 2.44 bits per heavy atom. The number of hydrogen-bond acceptors (Lipinski definition) is 3. The third kappa shape index (κ3) is 3.47. The summed E-state index contributed by atoms with van der Waals surface area (Å²) in [5.41, 5.74) is 0.970. The van der Waals surface area contributed by atoms with E-state index in [1.807, 2.05) is 14.0 Å². The first-order chi connectivity index (χ1) is 7.71. The van der Waals surface area contributed by atoms with E-state index in [9.17, 15) is 4.39 Å². The van der Waals surface area contributed by atoms with Crippen molar-refractivity contribution in [1.29, 1.82) is 0 Å². The van der Waals surface area contributed by atoms with Crippen molar-refractivity contribution >= 4 is 5.69 Å². The van der Waals surface area contributed by atoms with Crippen LogP contribution in [0.2, 0.25) is 0 Å². The van der Waals surface area contributed by atoms with Crippen LogP contribution in [0.15, 0.2) is 24.3 Å². The monoisotopic (exact) mass is 226 g/mol. The summed E-state index contributed by atoms with van der Waals surface area (Å²) in [6.45, 7) is 3.65. The minimum atomic E-state index is -0.230. The molecule has 1 rings (SSSR count). The predicted octanol–water partition coefficient (Wildman–Crippen LogP) is 1.23. The molecule has 0 aliphatic carbocycles. The molecule has 0 bridgehead atoms. The number of nitrogens with one attached hydrogen (secondary N) is 1. The number of nitrogens with zero attached hydrogens (tertiary/aromatic N) is 1. The van der Waals surface area contributed by atoms with Gasteiger partial charge in [0.1, 0.15) is 5.82 Å². The Balaban J connectivity index is 2.70. The Bertz CT molecular complexity index is 298. The zero-order valence-electron chi connectivity index (χ0n) is 9.78. The van der Waals surface area contributed by atoms with Gasteiger partial charge in [-0.1, -0.05) is 0 Å². The van der Waals surface area contributed by atoms with Crippen molar-refractivity contribution in [1.82, 2.24) is 5.32 Å². The Morgan fingerprint density at radius 2 is 2.00 bits per heavy atom. The van der Waals surface area contributed by atoms with Crippen LogP contribution in [0.5, 0.6) is 0 Å². The summed E-state index contributed by atoms with van der Waals surface area (Å²) < 4.78 is 12.8. The summed E-state index contributed by atoms with van der Waals surface area (Å²) in [6, 6.07) is 6.44. The van der Waals surface area contributed by atoms with E-state index in [1.165, 1.54) is 12.1 Å². The number of likely N-dealkylation sites (N-methyl/N-ethyl adjacent to an activating group) is 2. The molecular weight excluding hydrogens is 207 g/mol. The molecule has 3 nitrogen and oxygen atoms in total. The molecule has 1 unspecified atom stereocenters. The SMILES string of the molecule is CCN(CC(CO)NC)c1ccc(F)cc1. The fourth-order valence-corrected chi connectivity index (χ4v) is 1.58. The molecule has 2 N–H and O–H groups in total. The van der Waals surface area contributed by atoms with Crippen LogP contribution < -0.4 is 10.2 Å². The molecule has 1 atom stereocenters. The van der Waals surface area contributed by atoms with Crippen LogP contribution in [-0.4, -0.2) is 37.9 Å². The van der Waals surface area contributed by atoms with Gasteiger partial charge < -0.3 is 15.3 Å². The standard InChI is InChI=1S/C12H19FN2O/c1-3-15(8-11(9-16)14-2)12-6-4-10(13)5-7-12/h4-7,11,14,16H,3,8-9H2,1-2H3. The molecule has 0 aliphatic heterocycles. The van der Waals surface area contributed by atoms with Gasteiger partial charge in [-0.25, -0.2) is 4.39 Å². The largest absolute Gasteiger partial charge is 0.395 e. The van der Waals surface area contributed by atoms with E-state index >= 15 is 0 Å². The van der Waals surface area contributed by atoms with Crippen molar-refractivity contribution in [3.63, 3.8) is 0 Å². The van der Waals surface area contributed by atoms with Gasteiger partial charge in [-0.05, 0) is 38.2 Å². The highest BCUT2D eigenvalue weighted by molar-refractivity contribution is 5.46. The quantitative estimate of drug-likeness (QED) is 0.766. The molecule has 0 radical (unpaired) electrons. The van der Waals surface area contributed by atoms with Gasteiger partial charge in [0.25, 0.3) is 0 Å². The highest BCUT2D eigenvalue weighted by Crippen LogP contribution is 2.14. The van der Waals surface area contributed by atoms with Crippen molar-refractivity contribution < 1.29 is 9.50 Å². The summed E-state index contributed by atoms with van der Waals surface area (Å²) in [4.78, 5) is 2.09. The maximum atomic E-state index is 12.8. The molecule has 4 heteroatoms. The highest BCUT2D eigenvalue weighted by Gasteiger charge is 2.10. The van der Waals surface area contributed by atoms with Crippen molar-refractivity contribution in [3.05, 3.63) is 30.1 Å². The third-order valence-electron chi connectivity index (χ3n) is 2.64. The summed E-state index contributed by atoms with van der Waals surface area (Å²) in [7, 11) is 1.82. The maximum absolute atomic E-state index is 12.8. The molecule has 1 aromatic rings. The molecular formula is C12H19FN2O. The van der Waals surface area contributed by atoms with Gasteiger partial charge in [-0.3, -0.25) is 0 Å². The number of aliphatic hydroxyl groups excluding tert-OH is 1. The van der Waals surface area contributed by atoms with Gasteiger partial charge in [-0.2, -0.15) is 0 Å². The van der Waals surface area contributed by atoms with E-state index in [1.54, 1.807) is 12.1 Å². The third-order valence-corrected chi connectivity index (χ3v) is 2.64. The first kappa shape index (κ1) is 12.9. The summed E-state index contributed by atoms with van der Waals surface area (Å²) in [5, 5.41) is 12.1. The number of halogens is 1. The number of rotatable bonds is 6. The van der Waals surface area contributed by atoms with Crippen LogP contribution in [0.3, 0.4) is 0 Å². The van der Waals surface area contributed by atoms with Crippen LogP contribution in [0.25, 0.3) is 0 Å². The molecule has 16 heavy (non-hydrogen) atoms. The second-order valence-corrected chi connectivity index (χ2v) is 3.68. The lowest BCUT2D eigenvalue weighted by atomic mass is 10.2. The topological polar surface area (TPSA) is 35.5 Å². The Hall–Kier alpha value is -1.13. The molecule has 0 heterocycles. The van der Waals surface area contributed by atoms with Gasteiger partial charge >= 0.3 is 0 Å². The number of anilines is 1. The van der Waals surface area contributed by atoms with E-state index in [0.29, 0.717) is 6.54 Å². The molecule has 1 aromatic carbocycles. The molecule has 0 aliphatic rings. The van der Waals surface area contributed by atoms with Crippen molar-refractivity contribution in [2.75, 3.05) is 31.6 Å². The van der Waals surface area contributed by atoms with E-state index in [0.717, 1.165) is 12.2 Å². The Morgan fingerprint density at radius 1 is 1.38 bits per heavy atom. The van der Waals surface area contributed by atoms with Gasteiger partial charge in [0.15, 0.2) is 0 Å². The molecule has 0 fully saturated rings. The van der Waals surface area contributed by atoms with Crippen LogP contribution >= 0.6 is 0 Å². The lowest BCUT2D eigenvalue weighted by Gasteiger charge is -2.27. The lowest BCUT2D eigenvalue weighted by molar-refractivity contribution is 0.250. The average molecular weight is 226 g/mol. The first-order valence-electron chi connectivity index (χ1n) is 5.49. The number of aliphatic hydroxyl groups is 1. The van der Waals surface area contributed by atoms with Gasteiger partial charge in [-0.15, -0.1) is 0 Å². The fraction of sp³-hybridized carbons (Fsp3) is 0.500.